The molecule has 2 aromatic rings. The zero-order chi connectivity index (χ0) is 18.1. The average Bonchev–Trinajstić information content (AvgIpc) is 3.00. The van der Waals surface area contributed by atoms with Gasteiger partial charge in [0, 0.05) is 35.5 Å². The summed E-state index contributed by atoms with van der Waals surface area (Å²) in [5.41, 5.74) is 1.06. The van der Waals surface area contributed by atoms with Crippen LogP contribution in [0.1, 0.15) is 28.7 Å². The quantitative estimate of drug-likeness (QED) is 0.525. The smallest absolute Gasteiger partial charge is 0.227 e. The molecule has 2 rings (SSSR count). The molecule has 0 aromatic carbocycles. The molecule has 6 nitrogen and oxygen atoms in total. The van der Waals surface area contributed by atoms with Gasteiger partial charge < -0.3 is 16.0 Å². The molecule has 2 heterocycles. The molecule has 3 N–H and O–H groups in total. The Labute approximate surface area is 152 Å². The Bertz CT molecular complexity index is 709. The van der Waals surface area contributed by atoms with Crippen molar-refractivity contribution in [3.63, 3.8) is 0 Å². The van der Waals surface area contributed by atoms with Crippen LogP contribution >= 0.6 is 11.3 Å². The average molecular weight is 359 g/mol. The molecule has 2 aromatic heterocycles. The first-order valence-corrected chi connectivity index (χ1v) is 9.18. The standard InChI is InChI=1S/C18H25N5OS/c1-4-19-18(22-12-15-7-6-14(3)25-15)20-10-9-17(24)23-16-8-5-13(2)11-21-16/h5-8,11H,4,9-10,12H2,1-3H3,(H2,19,20,22)(H,21,23,24). The molecule has 0 saturated heterocycles. The van der Waals surface area contributed by atoms with Gasteiger partial charge in [-0.15, -0.1) is 11.3 Å². The Morgan fingerprint density at radius 2 is 2.04 bits per heavy atom. The third-order valence-corrected chi connectivity index (χ3v) is 4.34. The summed E-state index contributed by atoms with van der Waals surface area (Å²) in [6.07, 6.45) is 2.08. The molecule has 0 saturated carbocycles. The number of aryl methyl sites for hydroxylation is 2. The number of anilines is 1. The summed E-state index contributed by atoms with van der Waals surface area (Å²) in [7, 11) is 0. The molecular weight excluding hydrogens is 334 g/mol. The molecule has 1 amide bonds. The van der Waals surface area contributed by atoms with Gasteiger partial charge >= 0.3 is 0 Å². The highest BCUT2D eigenvalue weighted by Crippen LogP contribution is 2.15. The van der Waals surface area contributed by atoms with Gasteiger partial charge in [0.2, 0.25) is 5.91 Å². The fourth-order valence-electron chi connectivity index (χ4n) is 2.11. The summed E-state index contributed by atoms with van der Waals surface area (Å²) >= 11 is 1.75. The van der Waals surface area contributed by atoms with Crippen LogP contribution in [0.5, 0.6) is 0 Å². The van der Waals surface area contributed by atoms with E-state index in [0.29, 0.717) is 25.3 Å². The topological polar surface area (TPSA) is 78.4 Å². The minimum atomic E-state index is -0.0754. The molecular formula is C18H25N5OS. The normalized spacial score (nSPS) is 11.2. The zero-order valence-electron chi connectivity index (χ0n) is 14.9. The highest BCUT2D eigenvalue weighted by Gasteiger charge is 2.04. The van der Waals surface area contributed by atoms with Crippen molar-refractivity contribution in [3.8, 4) is 0 Å². The lowest BCUT2D eigenvalue weighted by molar-refractivity contribution is -0.116. The van der Waals surface area contributed by atoms with Crippen molar-refractivity contribution >= 4 is 29.0 Å². The molecule has 0 radical (unpaired) electrons. The van der Waals surface area contributed by atoms with Crippen LogP contribution in [0.2, 0.25) is 0 Å². The van der Waals surface area contributed by atoms with E-state index in [1.807, 2.05) is 19.9 Å². The fourth-order valence-corrected chi connectivity index (χ4v) is 2.93. The third kappa shape index (κ3) is 6.93. The summed E-state index contributed by atoms with van der Waals surface area (Å²) in [5, 5.41) is 9.16. The lowest BCUT2D eigenvalue weighted by Gasteiger charge is -2.11. The van der Waals surface area contributed by atoms with E-state index in [1.165, 1.54) is 9.75 Å². The first-order chi connectivity index (χ1) is 12.1. The number of carbonyl (C=O) groups excluding carboxylic acids is 1. The van der Waals surface area contributed by atoms with E-state index in [0.717, 1.165) is 18.1 Å². The molecule has 0 bridgehead atoms. The van der Waals surface area contributed by atoms with Crippen molar-refractivity contribution in [2.75, 3.05) is 18.4 Å². The zero-order valence-corrected chi connectivity index (χ0v) is 15.7. The number of thiophene rings is 1. The van der Waals surface area contributed by atoms with Gasteiger partial charge in [0.1, 0.15) is 5.82 Å². The van der Waals surface area contributed by atoms with E-state index in [2.05, 4.69) is 45.0 Å². The van der Waals surface area contributed by atoms with Gasteiger partial charge in [-0.3, -0.25) is 4.79 Å². The number of hydrogen-bond acceptors (Lipinski definition) is 4. The minimum Gasteiger partial charge on any atom is -0.357 e. The second-order valence-corrected chi connectivity index (χ2v) is 7.03. The summed E-state index contributed by atoms with van der Waals surface area (Å²) in [6, 6.07) is 7.91. The highest BCUT2D eigenvalue weighted by atomic mass is 32.1. The highest BCUT2D eigenvalue weighted by molar-refractivity contribution is 7.11. The van der Waals surface area contributed by atoms with Crippen molar-refractivity contribution in [1.29, 1.82) is 0 Å². The maximum Gasteiger partial charge on any atom is 0.227 e. The number of aliphatic imine (C=N–C) groups is 1. The van der Waals surface area contributed by atoms with E-state index >= 15 is 0 Å². The summed E-state index contributed by atoms with van der Waals surface area (Å²) in [4.78, 5) is 23.2. The Kier molecular flexibility index (Phi) is 7.40. The number of rotatable bonds is 7. The van der Waals surface area contributed by atoms with Crippen LogP contribution in [-0.4, -0.2) is 29.9 Å². The van der Waals surface area contributed by atoms with Gasteiger partial charge in [0.15, 0.2) is 5.96 Å². The summed E-state index contributed by atoms with van der Waals surface area (Å²) in [5.74, 6) is 1.22. The largest absolute Gasteiger partial charge is 0.357 e. The number of guanidine groups is 1. The predicted molar refractivity (Wildman–Crippen MR) is 104 cm³/mol. The Morgan fingerprint density at radius 1 is 1.20 bits per heavy atom. The van der Waals surface area contributed by atoms with Crippen LogP contribution in [0, 0.1) is 13.8 Å². The molecule has 0 aliphatic carbocycles. The molecule has 0 fully saturated rings. The molecule has 0 atom stereocenters. The molecule has 0 unspecified atom stereocenters. The van der Waals surface area contributed by atoms with Crippen molar-refractivity contribution < 1.29 is 4.79 Å². The van der Waals surface area contributed by atoms with Crippen LogP contribution in [-0.2, 0) is 11.3 Å². The summed E-state index contributed by atoms with van der Waals surface area (Å²) in [6.45, 7) is 7.97. The van der Waals surface area contributed by atoms with E-state index in [9.17, 15) is 4.79 Å². The number of nitrogens with one attached hydrogen (secondary N) is 3. The van der Waals surface area contributed by atoms with Gasteiger partial charge in [-0.25, -0.2) is 9.98 Å². The Hall–Kier alpha value is -2.41. The van der Waals surface area contributed by atoms with Crippen molar-refractivity contribution in [1.82, 2.24) is 15.6 Å². The van der Waals surface area contributed by atoms with Crippen molar-refractivity contribution in [3.05, 3.63) is 45.8 Å². The third-order valence-electron chi connectivity index (χ3n) is 3.36. The molecule has 134 valence electrons. The van der Waals surface area contributed by atoms with Gasteiger partial charge in [0.05, 0.1) is 6.54 Å². The SMILES string of the molecule is CCNC(=NCc1ccc(C)s1)NCCC(=O)Nc1ccc(C)cn1. The van der Waals surface area contributed by atoms with Gasteiger partial charge in [0.25, 0.3) is 0 Å². The van der Waals surface area contributed by atoms with Gasteiger partial charge in [-0.05, 0) is 44.5 Å². The maximum atomic E-state index is 12.0. The van der Waals surface area contributed by atoms with Crippen LogP contribution in [0.25, 0.3) is 0 Å². The number of carbonyl (C=O) groups is 1. The number of hydrogen-bond donors (Lipinski definition) is 3. The number of pyridine rings is 1. The first-order valence-electron chi connectivity index (χ1n) is 8.37. The van der Waals surface area contributed by atoms with Gasteiger partial charge in [-0.1, -0.05) is 6.07 Å². The first kappa shape index (κ1) is 18.9. The van der Waals surface area contributed by atoms with Crippen molar-refractivity contribution in [2.45, 2.75) is 33.7 Å². The Balaban J connectivity index is 1.77. The van der Waals surface area contributed by atoms with E-state index in [-0.39, 0.29) is 5.91 Å². The number of amides is 1. The minimum absolute atomic E-state index is 0.0754. The number of nitrogens with zero attached hydrogens (tertiary/aromatic N) is 2. The van der Waals surface area contributed by atoms with Crippen LogP contribution in [0.15, 0.2) is 35.5 Å². The predicted octanol–water partition coefficient (Wildman–Crippen LogP) is 2.84. The lowest BCUT2D eigenvalue weighted by Crippen LogP contribution is -2.38. The van der Waals surface area contributed by atoms with E-state index in [4.69, 9.17) is 0 Å². The molecule has 0 aliphatic heterocycles. The Morgan fingerprint density at radius 3 is 2.68 bits per heavy atom. The van der Waals surface area contributed by atoms with Gasteiger partial charge in [-0.2, -0.15) is 0 Å². The van der Waals surface area contributed by atoms with E-state index < -0.39 is 0 Å². The lowest BCUT2D eigenvalue weighted by atomic mass is 10.3. The summed E-state index contributed by atoms with van der Waals surface area (Å²) < 4.78 is 0. The monoisotopic (exact) mass is 359 g/mol. The molecule has 7 heteroatoms. The van der Waals surface area contributed by atoms with Crippen LogP contribution in [0.4, 0.5) is 5.82 Å². The fraction of sp³-hybridized carbons (Fsp3) is 0.389. The van der Waals surface area contributed by atoms with Crippen molar-refractivity contribution in [2.24, 2.45) is 4.99 Å². The molecule has 0 spiro atoms. The van der Waals surface area contributed by atoms with Crippen LogP contribution < -0.4 is 16.0 Å². The van der Waals surface area contributed by atoms with E-state index in [1.54, 1.807) is 23.6 Å². The number of aromatic nitrogens is 1. The second-order valence-electron chi connectivity index (χ2n) is 5.65. The molecule has 25 heavy (non-hydrogen) atoms. The van der Waals surface area contributed by atoms with Crippen LogP contribution in [0.3, 0.4) is 0 Å². The second kappa shape index (κ2) is 9.78. The molecule has 0 aliphatic rings. The maximum absolute atomic E-state index is 12.0.